The minimum atomic E-state index is 0.186. The van der Waals surface area contributed by atoms with Crippen LogP contribution in [0.4, 0.5) is 0 Å². The Hall–Kier alpha value is -1.75. The summed E-state index contributed by atoms with van der Waals surface area (Å²) in [7, 11) is 0. The molecule has 4 nitrogen and oxygen atoms in total. The third-order valence-corrected chi connectivity index (χ3v) is 4.90. The van der Waals surface area contributed by atoms with Gasteiger partial charge in [-0.2, -0.15) is 0 Å². The molecule has 0 aromatic carbocycles. The molecule has 21 heavy (non-hydrogen) atoms. The van der Waals surface area contributed by atoms with Crippen molar-refractivity contribution in [2.45, 2.75) is 26.7 Å². The highest BCUT2D eigenvalue weighted by Gasteiger charge is 2.24. The van der Waals surface area contributed by atoms with Crippen LogP contribution in [0.25, 0.3) is 10.7 Å². The van der Waals surface area contributed by atoms with Crippen molar-refractivity contribution < 1.29 is 4.79 Å². The van der Waals surface area contributed by atoms with Gasteiger partial charge < -0.3 is 4.90 Å². The molecule has 1 atom stereocenters. The molecule has 1 amide bonds. The van der Waals surface area contributed by atoms with Gasteiger partial charge in [0, 0.05) is 37.3 Å². The number of carbonyl (C=O) groups is 1. The fourth-order valence-electron chi connectivity index (χ4n) is 2.81. The van der Waals surface area contributed by atoms with Crippen molar-refractivity contribution in [2.75, 3.05) is 13.1 Å². The van der Waals surface area contributed by atoms with E-state index in [1.165, 1.54) is 5.56 Å². The van der Waals surface area contributed by atoms with Gasteiger partial charge in [0.15, 0.2) is 0 Å². The van der Waals surface area contributed by atoms with E-state index in [1.807, 2.05) is 23.4 Å². The van der Waals surface area contributed by atoms with Crippen molar-refractivity contribution in [3.05, 3.63) is 35.0 Å². The molecule has 0 saturated carbocycles. The van der Waals surface area contributed by atoms with E-state index in [2.05, 4.69) is 22.1 Å². The van der Waals surface area contributed by atoms with Gasteiger partial charge in [0.2, 0.25) is 5.91 Å². The van der Waals surface area contributed by atoms with Crippen LogP contribution < -0.4 is 0 Å². The normalized spacial score (nSPS) is 18.2. The summed E-state index contributed by atoms with van der Waals surface area (Å²) < 4.78 is 0. The number of carbonyl (C=O) groups excluding carboxylic acids is 1. The minimum absolute atomic E-state index is 0.186. The quantitative estimate of drug-likeness (QED) is 0.875. The molecule has 0 N–H and O–H groups in total. The second-order valence-electron chi connectivity index (χ2n) is 5.67. The Morgan fingerprint density at radius 2 is 2.38 bits per heavy atom. The summed E-state index contributed by atoms with van der Waals surface area (Å²) in [5.74, 6) is 0.744. The average molecular weight is 301 g/mol. The third-order valence-electron chi connectivity index (χ3n) is 3.92. The number of amides is 1. The van der Waals surface area contributed by atoms with Crippen LogP contribution in [0.2, 0.25) is 0 Å². The van der Waals surface area contributed by atoms with Gasteiger partial charge in [-0.1, -0.05) is 0 Å². The Morgan fingerprint density at radius 1 is 1.52 bits per heavy atom. The van der Waals surface area contributed by atoms with E-state index < -0.39 is 0 Å². The zero-order valence-electron chi connectivity index (χ0n) is 12.4. The molecular weight excluding hydrogens is 282 g/mol. The van der Waals surface area contributed by atoms with Crippen LogP contribution in [0.15, 0.2) is 23.7 Å². The number of pyridine rings is 1. The van der Waals surface area contributed by atoms with Crippen molar-refractivity contribution in [1.29, 1.82) is 0 Å². The second kappa shape index (κ2) is 5.93. The maximum absolute atomic E-state index is 11.4. The number of aromatic nitrogens is 2. The van der Waals surface area contributed by atoms with Crippen LogP contribution in [0.3, 0.4) is 0 Å². The fraction of sp³-hybridized carbons (Fsp3) is 0.438. The molecule has 1 saturated heterocycles. The predicted molar refractivity (Wildman–Crippen MR) is 84.1 cm³/mol. The molecule has 1 aliphatic heterocycles. The number of rotatable bonds is 3. The van der Waals surface area contributed by atoms with Crippen LogP contribution >= 0.6 is 11.3 Å². The summed E-state index contributed by atoms with van der Waals surface area (Å²) in [6.07, 6.45) is 3.95. The number of hydrogen-bond donors (Lipinski definition) is 0. The van der Waals surface area contributed by atoms with Crippen molar-refractivity contribution in [1.82, 2.24) is 14.9 Å². The van der Waals surface area contributed by atoms with E-state index >= 15 is 0 Å². The summed E-state index contributed by atoms with van der Waals surface area (Å²) in [6, 6.07) is 4.20. The van der Waals surface area contributed by atoms with Crippen molar-refractivity contribution in [2.24, 2.45) is 5.92 Å². The van der Waals surface area contributed by atoms with Gasteiger partial charge in [-0.05, 0) is 43.4 Å². The maximum atomic E-state index is 11.4. The van der Waals surface area contributed by atoms with Gasteiger partial charge in [0.05, 0.1) is 5.69 Å². The SMILES string of the molecule is CC(=O)N1CC[C@@H](Cc2ccnc(-c3nc(C)cs3)c2)C1. The molecule has 2 aromatic rings. The third kappa shape index (κ3) is 3.29. The summed E-state index contributed by atoms with van der Waals surface area (Å²) in [5.41, 5.74) is 3.27. The van der Waals surface area contributed by atoms with Gasteiger partial charge >= 0.3 is 0 Å². The van der Waals surface area contributed by atoms with Crippen molar-refractivity contribution >= 4 is 17.2 Å². The monoisotopic (exact) mass is 301 g/mol. The molecule has 2 aromatic heterocycles. The molecule has 0 unspecified atom stereocenters. The molecule has 0 spiro atoms. The molecule has 3 heterocycles. The second-order valence-corrected chi connectivity index (χ2v) is 6.53. The van der Waals surface area contributed by atoms with E-state index in [0.29, 0.717) is 5.92 Å². The Labute approximate surface area is 128 Å². The first-order valence-corrected chi connectivity index (χ1v) is 8.13. The Balaban J connectivity index is 1.71. The highest BCUT2D eigenvalue weighted by molar-refractivity contribution is 7.13. The summed E-state index contributed by atoms with van der Waals surface area (Å²) in [4.78, 5) is 22.3. The largest absolute Gasteiger partial charge is 0.343 e. The van der Waals surface area contributed by atoms with Gasteiger partial charge in [-0.3, -0.25) is 9.78 Å². The Kier molecular flexibility index (Phi) is 4.01. The number of likely N-dealkylation sites (tertiary alicyclic amines) is 1. The Morgan fingerprint density at radius 3 is 3.05 bits per heavy atom. The molecule has 0 aliphatic carbocycles. The molecular formula is C16H19N3OS. The van der Waals surface area contributed by atoms with E-state index in [-0.39, 0.29) is 5.91 Å². The van der Waals surface area contributed by atoms with Gasteiger partial charge in [-0.15, -0.1) is 11.3 Å². The van der Waals surface area contributed by atoms with Gasteiger partial charge in [0.1, 0.15) is 5.01 Å². The maximum Gasteiger partial charge on any atom is 0.219 e. The van der Waals surface area contributed by atoms with Crippen LogP contribution in [0.5, 0.6) is 0 Å². The Bertz CT molecular complexity index is 652. The van der Waals surface area contributed by atoms with Crippen LogP contribution in [0, 0.1) is 12.8 Å². The van der Waals surface area contributed by atoms with Crippen LogP contribution in [0.1, 0.15) is 24.6 Å². The number of aryl methyl sites for hydroxylation is 1. The zero-order chi connectivity index (χ0) is 14.8. The van der Waals surface area contributed by atoms with E-state index in [9.17, 15) is 4.79 Å². The first-order valence-electron chi connectivity index (χ1n) is 7.25. The van der Waals surface area contributed by atoms with Gasteiger partial charge in [0.25, 0.3) is 0 Å². The number of hydrogen-bond acceptors (Lipinski definition) is 4. The number of thiazole rings is 1. The lowest BCUT2D eigenvalue weighted by Crippen LogP contribution is -2.26. The fourth-order valence-corrected chi connectivity index (χ4v) is 3.57. The summed E-state index contributed by atoms with van der Waals surface area (Å²) >= 11 is 1.63. The van der Waals surface area contributed by atoms with Crippen LogP contribution in [-0.2, 0) is 11.2 Å². The minimum Gasteiger partial charge on any atom is -0.343 e. The average Bonchev–Trinajstić information content (AvgIpc) is 3.08. The molecule has 1 fully saturated rings. The lowest BCUT2D eigenvalue weighted by Gasteiger charge is -2.14. The van der Waals surface area contributed by atoms with E-state index in [1.54, 1.807) is 18.3 Å². The molecule has 0 radical (unpaired) electrons. The lowest BCUT2D eigenvalue weighted by molar-refractivity contribution is -0.127. The molecule has 110 valence electrons. The first-order chi connectivity index (χ1) is 10.1. The van der Waals surface area contributed by atoms with Crippen molar-refractivity contribution in [3.63, 3.8) is 0 Å². The van der Waals surface area contributed by atoms with Gasteiger partial charge in [-0.25, -0.2) is 4.98 Å². The number of nitrogens with zero attached hydrogens (tertiary/aromatic N) is 3. The standard InChI is InChI=1S/C16H19N3OS/c1-11-10-21-16(18-11)15-8-13(3-5-17-15)7-14-4-6-19(9-14)12(2)20/h3,5,8,10,14H,4,6-7,9H2,1-2H3/t14-/m0/s1. The molecule has 3 rings (SSSR count). The zero-order valence-corrected chi connectivity index (χ0v) is 13.2. The lowest BCUT2D eigenvalue weighted by atomic mass is 9.99. The topological polar surface area (TPSA) is 46.1 Å². The molecule has 5 heteroatoms. The summed E-state index contributed by atoms with van der Waals surface area (Å²) in [5, 5.41) is 3.02. The molecule has 0 bridgehead atoms. The smallest absolute Gasteiger partial charge is 0.219 e. The summed E-state index contributed by atoms with van der Waals surface area (Å²) in [6.45, 7) is 5.42. The highest BCUT2D eigenvalue weighted by atomic mass is 32.1. The molecule has 1 aliphatic rings. The highest BCUT2D eigenvalue weighted by Crippen LogP contribution is 2.25. The van der Waals surface area contributed by atoms with E-state index in [4.69, 9.17) is 0 Å². The van der Waals surface area contributed by atoms with Crippen LogP contribution in [-0.4, -0.2) is 33.9 Å². The predicted octanol–water partition coefficient (Wildman–Crippen LogP) is 2.92. The van der Waals surface area contributed by atoms with Crippen molar-refractivity contribution in [3.8, 4) is 10.7 Å². The van der Waals surface area contributed by atoms with E-state index in [0.717, 1.165) is 42.3 Å². The first kappa shape index (κ1) is 14.2.